The van der Waals surface area contributed by atoms with Gasteiger partial charge in [-0.15, -0.1) is 0 Å². The molecular weight excluding hydrogens is 234 g/mol. The Bertz CT molecular complexity index is 767. The van der Waals surface area contributed by atoms with Gasteiger partial charge in [0.25, 0.3) is 0 Å². The van der Waals surface area contributed by atoms with Gasteiger partial charge in [0.2, 0.25) is 0 Å². The molecule has 3 aromatic rings. The molecule has 3 rings (SSSR count). The molecule has 0 saturated heterocycles. The quantitative estimate of drug-likeness (QED) is 0.588. The summed E-state index contributed by atoms with van der Waals surface area (Å²) in [5.41, 5.74) is 8.92. The topological polar surface area (TPSA) is 102 Å². The highest BCUT2D eigenvalue weighted by molar-refractivity contribution is 5.86. The number of nitrogens with two attached hydrogens (primary N) is 1. The molecule has 7 nitrogen and oxygen atoms in total. The molecule has 0 fully saturated rings. The summed E-state index contributed by atoms with van der Waals surface area (Å²) in [6.45, 7) is 0. The first-order chi connectivity index (χ1) is 8.61. The number of aromatic nitrogens is 3. The predicted molar refractivity (Wildman–Crippen MR) is 67.7 cm³/mol. The Morgan fingerprint density at radius 3 is 3.06 bits per heavy atom. The van der Waals surface area contributed by atoms with E-state index in [9.17, 15) is 4.79 Å². The van der Waals surface area contributed by atoms with E-state index in [2.05, 4.69) is 15.4 Å². The van der Waals surface area contributed by atoms with Gasteiger partial charge < -0.3 is 15.5 Å². The van der Waals surface area contributed by atoms with Gasteiger partial charge >= 0.3 is 5.76 Å². The molecule has 0 radical (unpaired) electrons. The van der Waals surface area contributed by atoms with Crippen molar-refractivity contribution < 1.29 is 4.42 Å². The zero-order chi connectivity index (χ0) is 12.7. The lowest BCUT2D eigenvalue weighted by Crippen LogP contribution is -1.96. The number of hydrogen-bond donors (Lipinski definition) is 3. The Labute approximate surface area is 101 Å². The average Bonchev–Trinajstić information content (AvgIpc) is 2.85. The van der Waals surface area contributed by atoms with Gasteiger partial charge in [-0.3, -0.25) is 9.67 Å². The summed E-state index contributed by atoms with van der Waals surface area (Å²) < 4.78 is 6.60. The van der Waals surface area contributed by atoms with Crippen molar-refractivity contribution in [1.29, 1.82) is 0 Å². The van der Waals surface area contributed by atoms with E-state index in [0.29, 0.717) is 22.5 Å². The molecule has 4 N–H and O–H groups in total. The van der Waals surface area contributed by atoms with Crippen LogP contribution >= 0.6 is 0 Å². The van der Waals surface area contributed by atoms with E-state index in [-0.39, 0.29) is 0 Å². The molecule has 7 heteroatoms. The van der Waals surface area contributed by atoms with E-state index in [4.69, 9.17) is 10.2 Å². The van der Waals surface area contributed by atoms with Crippen LogP contribution in [-0.2, 0) is 7.05 Å². The molecule has 2 aromatic heterocycles. The molecule has 0 spiro atoms. The molecule has 0 saturated carbocycles. The molecule has 0 atom stereocenters. The Kier molecular flexibility index (Phi) is 2.12. The lowest BCUT2D eigenvalue weighted by molar-refractivity contribution is 0.555. The largest absolute Gasteiger partial charge is 0.417 e. The van der Waals surface area contributed by atoms with E-state index in [1.165, 1.54) is 0 Å². The van der Waals surface area contributed by atoms with Crippen LogP contribution in [0.1, 0.15) is 0 Å². The van der Waals surface area contributed by atoms with Crippen molar-refractivity contribution in [3.8, 4) is 0 Å². The highest BCUT2D eigenvalue weighted by Gasteiger charge is 2.07. The number of oxazole rings is 1. The molecule has 18 heavy (non-hydrogen) atoms. The third-order valence-corrected chi connectivity index (χ3v) is 2.58. The second-order valence-electron chi connectivity index (χ2n) is 3.98. The monoisotopic (exact) mass is 245 g/mol. The number of fused-ring (bicyclic) bond motifs is 1. The number of anilines is 3. The third-order valence-electron chi connectivity index (χ3n) is 2.58. The number of aromatic amines is 1. The number of nitrogens with one attached hydrogen (secondary N) is 2. The van der Waals surface area contributed by atoms with E-state index in [1.54, 1.807) is 23.0 Å². The first-order valence-electron chi connectivity index (χ1n) is 5.30. The second-order valence-corrected chi connectivity index (χ2v) is 3.98. The lowest BCUT2D eigenvalue weighted by atomic mass is 10.2. The summed E-state index contributed by atoms with van der Waals surface area (Å²) in [7, 11) is 1.82. The minimum Gasteiger partial charge on any atom is -0.408 e. The fourth-order valence-electron chi connectivity index (χ4n) is 1.76. The molecule has 1 aromatic carbocycles. The summed E-state index contributed by atoms with van der Waals surface area (Å²) in [4.78, 5) is 13.7. The first kappa shape index (κ1) is 10.5. The van der Waals surface area contributed by atoms with Crippen LogP contribution < -0.4 is 16.8 Å². The van der Waals surface area contributed by atoms with Gasteiger partial charge in [-0.05, 0) is 6.07 Å². The molecule has 2 heterocycles. The maximum atomic E-state index is 11.1. The molecule has 0 aliphatic carbocycles. The minimum atomic E-state index is -0.497. The molecule has 0 aliphatic heterocycles. The van der Waals surface area contributed by atoms with Gasteiger partial charge in [0.1, 0.15) is 0 Å². The Morgan fingerprint density at radius 2 is 2.33 bits per heavy atom. The molecule has 0 unspecified atom stereocenters. The zero-order valence-electron chi connectivity index (χ0n) is 9.60. The average molecular weight is 245 g/mol. The number of nitrogens with zero attached hydrogens (tertiary/aromatic N) is 2. The van der Waals surface area contributed by atoms with Crippen LogP contribution in [0.3, 0.4) is 0 Å². The van der Waals surface area contributed by atoms with Crippen molar-refractivity contribution in [3.05, 3.63) is 35.1 Å². The van der Waals surface area contributed by atoms with Crippen LogP contribution in [-0.4, -0.2) is 14.8 Å². The summed E-state index contributed by atoms with van der Waals surface area (Å²) in [6.07, 6.45) is 3.50. The van der Waals surface area contributed by atoms with Gasteiger partial charge in [-0.2, -0.15) is 5.10 Å². The van der Waals surface area contributed by atoms with E-state index < -0.39 is 5.76 Å². The third kappa shape index (κ3) is 1.71. The molecule has 92 valence electrons. The maximum Gasteiger partial charge on any atom is 0.417 e. The zero-order valence-corrected chi connectivity index (χ0v) is 9.60. The van der Waals surface area contributed by atoms with Crippen molar-refractivity contribution in [1.82, 2.24) is 14.8 Å². The summed E-state index contributed by atoms with van der Waals surface area (Å²) in [5, 5.41) is 7.17. The SMILES string of the molecule is Cn1cc(Nc2cc3[nH]c(=O)oc3cc2N)cn1. The normalized spacial score (nSPS) is 10.9. The van der Waals surface area contributed by atoms with Crippen molar-refractivity contribution in [2.24, 2.45) is 7.05 Å². The highest BCUT2D eigenvalue weighted by Crippen LogP contribution is 2.27. The smallest absolute Gasteiger partial charge is 0.408 e. The first-order valence-corrected chi connectivity index (χ1v) is 5.30. The Hall–Kier alpha value is -2.70. The molecule has 0 bridgehead atoms. The number of H-pyrrole nitrogens is 1. The van der Waals surface area contributed by atoms with Crippen LogP contribution in [0.15, 0.2) is 33.7 Å². The van der Waals surface area contributed by atoms with Crippen molar-refractivity contribution >= 4 is 28.2 Å². The van der Waals surface area contributed by atoms with Gasteiger partial charge in [-0.25, -0.2) is 4.79 Å². The summed E-state index contributed by atoms with van der Waals surface area (Å²) >= 11 is 0. The highest BCUT2D eigenvalue weighted by atomic mass is 16.4. The van der Waals surface area contributed by atoms with Crippen LogP contribution in [0.2, 0.25) is 0 Å². The van der Waals surface area contributed by atoms with Crippen LogP contribution in [0.5, 0.6) is 0 Å². The standard InChI is InChI=1S/C11H11N5O2/c1-16-5-6(4-13-16)14-8-3-9-10(2-7(8)12)18-11(17)15-9/h2-5,14H,12H2,1H3,(H,15,17). The lowest BCUT2D eigenvalue weighted by Gasteiger charge is -2.06. The fourth-order valence-corrected chi connectivity index (χ4v) is 1.76. The van der Waals surface area contributed by atoms with Gasteiger partial charge in [0, 0.05) is 19.3 Å². The number of nitrogen functional groups attached to an aromatic ring is 1. The molecular formula is C11H11N5O2. The fraction of sp³-hybridized carbons (Fsp3) is 0.0909. The Morgan fingerprint density at radius 1 is 1.50 bits per heavy atom. The molecule has 0 amide bonds. The second kappa shape index (κ2) is 3.66. The van der Waals surface area contributed by atoms with Crippen LogP contribution in [0.4, 0.5) is 17.1 Å². The van der Waals surface area contributed by atoms with E-state index >= 15 is 0 Å². The predicted octanol–water partition coefficient (Wildman–Crippen LogP) is 1.18. The Balaban J connectivity index is 2.05. The van der Waals surface area contributed by atoms with E-state index in [1.807, 2.05) is 13.2 Å². The number of rotatable bonds is 2. The number of hydrogen-bond acceptors (Lipinski definition) is 5. The number of aryl methyl sites for hydroxylation is 1. The van der Waals surface area contributed by atoms with Gasteiger partial charge in [-0.1, -0.05) is 0 Å². The maximum absolute atomic E-state index is 11.1. The van der Waals surface area contributed by atoms with Crippen molar-refractivity contribution in [3.63, 3.8) is 0 Å². The van der Waals surface area contributed by atoms with Gasteiger partial charge in [0.05, 0.1) is 28.8 Å². The molecule has 0 aliphatic rings. The van der Waals surface area contributed by atoms with E-state index in [0.717, 1.165) is 5.69 Å². The van der Waals surface area contributed by atoms with Gasteiger partial charge in [0.15, 0.2) is 5.58 Å². The van der Waals surface area contributed by atoms with Crippen molar-refractivity contribution in [2.45, 2.75) is 0 Å². The van der Waals surface area contributed by atoms with Crippen LogP contribution in [0.25, 0.3) is 11.1 Å². The number of benzene rings is 1. The summed E-state index contributed by atoms with van der Waals surface area (Å²) in [6, 6.07) is 3.33. The minimum absolute atomic E-state index is 0.439. The van der Waals surface area contributed by atoms with Crippen LogP contribution in [0, 0.1) is 0 Å². The summed E-state index contributed by atoms with van der Waals surface area (Å²) in [5.74, 6) is -0.497. The van der Waals surface area contributed by atoms with Crippen molar-refractivity contribution in [2.75, 3.05) is 11.1 Å².